The van der Waals surface area contributed by atoms with Gasteiger partial charge in [-0.2, -0.15) is 5.26 Å². The molecule has 0 spiro atoms. The molecule has 2 rings (SSSR count). The van der Waals surface area contributed by atoms with Gasteiger partial charge in [-0.3, -0.25) is 10.1 Å². The number of nitrogens with zero attached hydrogens (tertiary/aromatic N) is 2. The topological polar surface area (TPSA) is 76.2 Å². The number of halogens is 1. The van der Waals surface area contributed by atoms with E-state index in [0.29, 0.717) is 10.8 Å². The molecule has 0 bridgehead atoms. The number of nitro benzene ring substituents is 1. The maximum absolute atomic E-state index is 10.8. The first-order valence-corrected chi connectivity index (χ1v) is 6.04. The molecular weight excluding hydrogens is 280 g/mol. The molecule has 0 atom stereocenters. The summed E-state index contributed by atoms with van der Waals surface area (Å²) in [6.45, 7) is 0.240. The van der Waals surface area contributed by atoms with E-state index in [4.69, 9.17) is 21.6 Å². The van der Waals surface area contributed by atoms with Crippen LogP contribution in [0.15, 0.2) is 42.5 Å². The van der Waals surface area contributed by atoms with Gasteiger partial charge in [-0.15, -0.1) is 0 Å². The van der Waals surface area contributed by atoms with Gasteiger partial charge >= 0.3 is 0 Å². The van der Waals surface area contributed by atoms with Gasteiger partial charge in [0.2, 0.25) is 0 Å². The highest BCUT2D eigenvalue weighted by atomic mass is 35.5. The quantitative estimate of drug-likeness (QED) is 0.635. The van der Waals surface area contributed by atoms with Crippen LogP contribution in [-0.4, -0.2) is 4.92 Å². The SMILES string of the molecule is N#Cc1ccc(OCc2cccc(Cl)c2)cc1[N+](=O)[O-]. The van der Waals surface area contributed by atoms with Crippen LogP contribution in [0.3, 0.4) is 0 Å². The summed E-state index contributed by atoms with van der Waals surface area (Å²) < 4.78 is 5.46. The highest BCUT2D eigenvalue weighted by Gasteiger charge is 2.14. The van der Waals surface area contributed by atoms with Gasteiger partial charge in [0.15, 0.2) is 0 Å². The molecule has 0 saturated heterocycles. The molecule has 0 aliphatic heterocycles. The van der Waals surface area contributed by atoms with E-state index in [-0.39, 0.29) is 17.9 Å². The molecule has 0 fully saturated rings. The fraction of sp³-hybridized carbons (Fsp3) is 0.0714. The molecule has 0 aliphatic carbocycles. The van der Waals surface area contributed by atoms with Crippen molar-refractivity contribution in [2.24, 2.45) is 0 Å². The molecule has 0 aliphatic rings. The first-order valence-electron chi connectivity index (χ1n) is 5.66. The van der Waals surface area contributed by atoms with Crippen LogP contribution in [0.5, 0.6) is 5.75 Å². The Kier molecular flexibility index (Phi) is 4.18. The van der Waals surface area contributed by atoms with Crippen molar-refractivity contribution < 1.29 is 9.66 Å². The molecular formula is C14H9ClN2O3. The van der Waals surface area contributed by atoms with Crippen molar-refractivity contribution >= 4 is 17.3 Å². The number of nitriles is 1. The van der Waals surface area contributed by atoms with Crippen LogP contribution in [0.25, 0.3) is 0 Å². The molecule has 0 aromatic heterocycles. The average molecular weight is 289 g/mol. The predicted molar refractivity (Wildman–Crippen MR) is 73.6 cm³/mol. The number of rotatable bonds is 4. The van der Waals surface area contributed by atoms with Crippen molar-refractivity contribution in [2.75, 3.05) is 0 Å². The van der Waals surface area contributed by atoms with Crippen LogP contribution in [-0.2, 0) is 6.61 Å². The van der Waals surface area contributed by atoms with Crippen molar-refractivity contribution in [3.63, 3.8) is 0 Å². The van der Waals surface area contributed by atoms with Crippen molar-refractivity contribution in [2.45, 2.75) is 6.61 Å². The minimum Gasteiger partial charge on any atom is -0.489 e. The molecule has 0 heterocycles. The lowest BCUT2D eigenvalue weighted by Crippen LogP contribution is -1.97. The number of hydrogen-bond acceptors (Lipinski definition) is 4. The zero-order valence-electron chi connectivity index (χ0n) is 10.2. The molecule has 0 amide bonds. The Labute approximate surface area is 120 Å². The summed E-state index contributed by atoms with van der Waals surface area (Å²) in [5.41, 5.74) is 0.589. The van der Waals surface area contributed by atoms with E-state index in [2.05, 4.69) is 0 Å². The fourth-order valence-corrected chi connectivity index (χ4v) is 1.85. The fourth-order valence-electron chi connectivity index (χ4n) is 1.64. The summed E-state index contributed by atoms with van der Waals surface area (Å²) in [7, 11) is 0. The van der Waals surface area contributed by atoms with Gasteiger partial charge in [0.05, 0.1) is 11.0 Å². The second kappa shape index (κ2) is 6.04. The Hall–Kier alpha value is -2.58. The maximum Gasteiger partial charge on any atom is 0.290 e. The van der Waals surface area contributed by atoms with Crippen LogP contribution in [0.4, 0.5) is 5.69 Å². The molecule has 0 saturated carbocycles. The van der Waals surface area contributed by atoms with E-state index in [0.717, 1.165) is 5.56 Å². The average Bonchev–Trinajstić information content (AvgIpc) is 2.45. The van der Waals surface area contributed by atoms with Gasteiger partial charge in [0.1, 0.15) is 24.0 Å². The van der Waals surface area contributed by atoms with E-state index >= 15 is 0 Å². The summed E-state index contributed by atoms with van der Waals surface area (Å²) in [5, 5.41) is 20.2. The smallest absolute Gasteiger partial charge is 0.290 e. The second-order valence-corrected chi connectivity index (χ2v) is 4.40. The number of hydrogen-bond donors (Lipinski definition) is 0. The minimum atomic E-state index is -0.606. The molecule has 6 heteroatoms. The summed E-state index contributed by atoms with van der Waals surface area (Å²) in [5.74, 6) is 0.329. The summed E-state index contributed by atoms with van der Waals surface area (Å²) >= 11 is 5.85. The van der Waals surface area contributed by atoms with Gasteiger partial charge in [0, 0.05) is 5.02 Å². The third kappa shape index (κ3) is 3.25. The lowest BCUT2D eigenvalue weighted by Gasteiger charge is -2.06. The van der Waals surface area contributed by atoms with E-state index < -0.39 is 4.92 Å². The van der Waals surface area contributed by atoms with Gasteiger partial charge < -0.3 is 4.74 Å². The highest BCUT2D eigenvalue weighted by molar-refractivity contribution is 6.30. The zero-order chi connectivity index (χ0) is 14.5. The van der Waals surface area contributed by atoms with Gasteiger partial charge in [-0.1, -0.05) is 23.7 Å². The van der Waals surface area contributed by atoms with Gasteiger partial charge in [0.25, 0.3) is 5.69 Å². The third-order valence-corrected chi connectivity index (χ3v) is 2.82. The molecule has 100 valence electrons. The Morgan fingerprint density at radius 2 is 2.10 bits per heavy atom. The molecule has 2 aromatic carbocycles. The van der Waals surface area contributed by atoms with E-state index in [1.54, 1.807) is 24.3 Å². The van der Waals surface area contributed by atoms with E-state index in [1.807, 2.05) is 6.07 Å². The molecule has 0 unspecified atom stereocenters. The highest BCUT2D eigenvalue weighted by Crippen LogP contribution is 2.24. The van der Waals surface area contributed by atoms with Crippen LogP contribution in [0, 0.1) is 21.4 Å². The largest absolute Gasteiger partial charge is 0.489 e. The summed E-state index contributed by atoms with van der Waals surface area (Å²) in [6, 6.07) is 13.0. The van der Waals surface area contributed by atoms with Gasteiger partial charge in [-0.05, 0) is 29.8 Å². The summed E-state index contributed by atoms with van der Waals surface area (Å²) in [6.07, 6.45) is 0. The second-order valence-electron chi connectivity index (χ2n) is 3.97. The lowest BCUT2D eigenvalue weighted by molar-refractivity contribution is -0.385. The Bertz CT molecular complexity index is 695. The Balaban J connectivity index is 2.16. The van der Waals surface area contributed by atoms with Crippen molar-refractivity contribution in [1.29, 1.82) is 5.26 Å². The summed E-state index contributed by atoms with van der Waals surface area (Å²) in [4.78, 5) is 10.2. The van der Waals surface area contributed by atoms with Crippen LogP contribution in [0.2, 0.25) is 5.02 Å². The van der Waals surface area contributed by atoms with Crippen LogP contribution in [0.1, 0.15) is 11.1 Å². The maximum atomic E-state index is 10.8. The number of nitro groups is 1. The van der Waals surface area contributed by atoms with Crippen molar-refractivity contribution in [1.82, 2.24) is 0 Å². The Morgan fingerprint density at radius 3 is 2.75 bits per heavy atom. The van der Waals surface area contributed by atoms with E-state index in [1.165, 1.54) is 18.2 Å². The van der Waals surface area contributed by atoms with Crippen LogP contribution >= 0.6 is 11.6 Å². The minimum absolute atomic E-state index is 0.00473. The predicted octanol–water partition coefficient (Wildman–Crippen LogP) is 3.70. The van der Waals surface area contributed by atoms with Crippen molar-refractivity contribution in [3.05, 3.63) is 68.7 Å². The normalized spacial score (nSPS) is 9.80. The molecule has 0 N–H and O–H groups in total. The first-order chi connectivity index (χ1) is 9.60. The number of benzene rings is 2. The van der Waals surface area contributed by atoms with Gasteiger partial charge in [-0.25, -0.2) is 0 Å². The monoisotopic (exact) mass is 288 g/mol. The number of ether oxygens (including phenoxy) is 1. The van der Waals surface area contributed by atoms with E-state index in [9.17, 15) is 10.1 Å². The molecule has 0 radical (unpaired) electrons. The third-order valence-electron chi connectivity index (χ3n) is 2.58. The molecule has 5 nitrogen and oxygen atoms in total. The van der Waals surface area contributed by atoms with Crippen molar-refractivity contribution in [3.8, 4) is 11.8 Å². The molecule has 2 aromatic rings. The molecule has 20 heavy (non-hydrogen) atoms. The lowest BCUT2D eigenvalue weighted by atomic mass is 10.2. The Morgan fingerprint density at radius 1 is 1.30 bits per heavy atom. The zero-order valence-corrected chi connectivity index (χ0v) is 11.0. The standard InChI is InChI=1S/C14H9ClN2O3/c15-12-3-1-2-10(6-12)9-20-13-5-4-11(8-16)14(7-13)17(18)19/h1-7H,9H2. The first kappa shape index (κ1) is 13.8. The van der Waals surface area contributed by atoms with Crippen LogP contribution < -0.4 is 4.74 Å².